The molecule has 110 valence electrons. The summed E-state index contributed by atoms with van der Waals surface area (Å²) in [5, 5.41) is 4.41. The van der Waals surface area contributed by atoms with Gasteiger partial charge >= 0.3 is 0 Å². The third-order valence-electron chi connectivity index (χ3n) is 4.10. The van der Waals surface area contributed by atoms with Crippen molar-refractivity contribution < 1.29 is 9.47 Å². The third kappa shape index (κ3) is 2.61. The highest BCUT2D eigenvalue weighted by atomic mass is 35.5. The van der Waals surface area contributed by atoms with Gasteiger partial charge in [-0.1, -0.05) is 24.9 Å². The molecule has 2 aliphatic rings. The highest BCUT2D eigenvalue weighted by molar-refractivity contribution is 6.31. The fraction of sp³-hybridized carbons (Fsp3) is 0.625. The van der Waals surface area contributed by atoms with Gasteiger partial charge in [-0.15, -0.1) is 0 Å². The number of ether oxygens (including phenoxy) is 2. The highest BCUT2D eigenvalue weighted by Gasteiger charge is 2.28. The van der Waals surface area contributed by atoms with Crippen molar-refractivity contribution in [2.75, 3.05) is 19.8 Å². The maximum absolute atomic E-state index is 6.51. The summed E-state index contributed by atoms with van der Waals surface area (Å²) in [5.74, 6) is 1.74. The topological polar surface area (TPSA) is 30.5 Å². The minimum Gasteiger partial charge on any atom is -0.489 e. The van der Waals surface area contributed by atoms with Crippen LogP contribution in [0.5, 0.6) is 11.5 Å². The van der Waals surface area contributed by atoms with Gasteiger partial charge in [0.2, 0.25) is 0 Å². The lowest BCUT2D eigenvalue weighted by Gasteiger charge is -2.23. The second-order valence-corrected chi connectivity index (χ2v) is 5.89. The Labute approximate surface area is 125 Å². The number of halogens is 1. The van der Waals surface area contributed by atoms with E-state index in [1.807, 2.05) is 6.07 Å². The number of hydrogen-bond donors (Lipinski definition) is 1. The van der Waals surface area contributed by atoms with Crippen LogP contribution in [0.2, 0.25) is 5.02 Å². The van der Waals surface area contributed by atoms with Gasteiger partial charge in [0.1, 0.15) is 0 Å². The van der Waals surface area contributed by atoms with Crippen molar-refractivity contribution in [2.45, 2.75) is 45.1 Å². The molecular weight excluding hydrogens is 274 g/mol. The molecule has 1 aromatic carbocycles. The molecule has 1 N–H and O–H groups in total. The summed E-state index contributed by atoms with van der Waals surface area (Å²) < 4.78 is 11.8. The Kier molecular flexibility index (Phi) is 4.37. The van der Waals surface area contributed by atoms with Gasteiger partial charge in [0.25, 0.3) is 0 Å². The summed E-state index contributed by atoms with van der Waals surface area (Å²) in [5.41, 5.74) is 2.49. The van der Waals surface area contributed by atoms with Gasteiger partial charge < -0.3 is 14.8 Å². The molecular formula is C16H22ClNO2. The molecule has 1 unspecified atom stereocenters. The van der Waals surface area contributed by atoms with Crippen molar-refractivity contribution in [1.82, 2.24) is 5.32 Å². The van der Waals surface area contributed by atoms with Gasteiger partial charge in [0.15, 0.2) is 11.5 Å². The Morgan fingerprint density at radius 3 is 2.95 bits per heavy atom. The summed E-state index contributed by atoms with van der Waals surface area (Å²) in [6.45, 7) is 4.52. The van der Waals surface area contributed by atoms with E-state index in [2.05, 4.69) is 12.2 Å². The van der Waals surface area contributed by atoms with Crippen LogP contribution in [-0.4, -0.2) is 19.8 Å². The van der Waals surface area contributed by atoms with E-state index in [1.165, 1.54) is 24.0 Å². The second kappa shape index (κ2) is 6.23. The average Bonchev–Trinajstić information content (AvgIpc) is 2.78. The maximum atomic E-state index is 6.51. The third-order valence-corrected chi connectivity index (χ3v) is 4.44. The van der Waals surface area contributed by atoms with Crippen LogP contribution in [0.25, 0.3) is 0 Å². The number of benzene rings is 1. The molecule has 3 nitrogen and oxygen atoms in total. The largest absolute Gasteiger partial charge is 0.489 e. The molecule has 0 bridgehead atoms. The molecule has 0 spiro atoms. The smallest absolute Gasteiger partial charge is 0.166 e. The first-order valence-corrected chi connectivity index (χ1v) is 8.03. The summed E-state index contributed by atoms with van der Waals surface area (Å²) in [7, 11) is 0. The zero-order valence-corrected chi connectivity index (χ0v) is 12.8. The number of fused-ring (bicyclic) bond motifs is 3. The lowest BCUT2D eigenvalue weighted by Crippen LogP contribution is -2.22. The lowest BCUT2D eigenvalue weighted by molar-refractivity contribution is 0.295. The number of nitrogens with one attached hydrogen (secondary N) is 1. The van der Waals surface area contributed by atoms with E-state index < -0.39 is 0 Å². The van der Waals surface area contributed by atoms with Gasteiger partial charge in [0.05, 0.1) is 13.2 Å². The van der Waals surface area contributed by atoms with Gasteiger partial charge in [-0.3, -0.25) is 0 Å². The molecule has 1 aliphatic carbocycles. The Morgan fingerprint density at radius 2 is 2.10 bits per heavy atom. The normalized spacial score (nSPS) is 21.8. The first kappa shape index (κ1) is 14.0. The molecule has 3 rings (SSSR count). The Balaban J connectivity index is 2.13. The van der Waals surface area contributed by atoms with Crippen LogP contribution in [0.15, 0.2) is 6.07 Å². The zero-order valence-electron chi connectivity index (χ0n) is 12.0. The summed E-state index contributed by atoms with van der Waals surface area (Å²) in [6.07, 6.45) is 5.50. The molecule has 0 saturated heterocycles. The minimum absolute atomic E-state index is 0.326. The van der Waals surface area contributed by atoms with Crippen molar-refractivity contribution in [3.8, 4) is 11.5 Å². The number of hydrogen-bond acceptors (Lipinski definition) is 3. The Morgan fingerprint density at radius 1 is 1.25 bits per heavy atom. The summed E-state index contributed by atoms with van der Waals surface area (Å²) in [6, 6.07) is 2.27. The molecule has 1 aromatic rings. The van der Waals surface area contributed by atoms with Crippen molar-refractivity contribution >= 4 is 11.6 Å². The highest BCUT2D eigenvalue weighted by Crippen LogP contribution is 2.45. The molecule has 1 atom stereocenters. The van der Waals surface area contributed by atoms with E-state index in [9.17, 15) is 0 Å². The molecule has 0 radical (unpaired) electrons. The van der Waals surface area contributed by atoms with Crippen molar-refractivity contribution in [2.24, 2.45) is 0 Å². The van der Waals surface area contributed by atoms with Crippen LogP contribution in [0, 0.1) is 0 Å². The van der Waals surface area contributed by atoms with Gasteiger partial charge in [0, 0.05) is 29.1 Å². The van der Waals surface area contributed by atoms with E-state index in [4.69, 9.17) is 21.1 Å². The fourth-order valence-corrected chi connectivity index (χ4v) is 3.50. The SMILES string of the molecule is CCNC1CCCCc2c(Cl)cc3c(c21)OCCCO3. The van der Waals surface area contributed by atoms with E-state index in [0.29, 0.717) is 12.6 Å². The van der Waals surface area contributed by atoms with Crippen LogP contribution >= 0.6 is 11.6 Å². The van der Waals surface area contributed by atoms with Crippen LogP contribution in [0.3, 0.4) is 0 Å². The first-order chi connectivity index (χ1) is 9.81. The average molecular weight is 296 g/mol. The molecule has 4 heteroatoms. The van der Waals surface area contributed by atoms with E-state index in [-0.39, 0.29) is 0 Å². The van der Waals surface area contributed by atoms with Crippen LogP contribution in [0.1, 0.15) is 49.8 Å². The number of rotatable bonds is 2. The van der Waals surface area contributed by atoms with Crippen LogP contribution in [-0.2, 0) is 6.42 Å². The zero-order chi connectivity index (χ0) is 13.9. The van der Waals surface area contributed by atoms with Crippen molar-refractivity contribution in [3.05, 3.63) is 22.2 Å². The molecule has 0 saturated carbocycles. The standard InChI is InChI=1S/C16H22ClNO2/c1-2-18-13-7-4-3-6-11-12(17)10-14-16(15(11)13)20-9-5-8-19-14/h10,13,18H,2-9H2,1H3. The quantitative estimate of drug-likeness (QED) is 0.840. The maximum Gasteiger partial charge on any atom is 0.166 e. The van der Waals surface area contributed by atoms with E-state index in [1.54, 1.807) is 0 Å². The van der Waals surface area contributed by atoms with Gasteiger partial charge in [-0.05, 0) is 31.4 Å². The second-order valence-electron chi connectivity index (χ2n) is 5.48. The predicted octanol–water partition coefficient (Wildman–Crippen LogP) is 3.88. The van der Waals surface area contributed by atoms with Gasteiger partial charge in [-0.2, -0.15) is 0 Å². The molecule has 0 aromatic heterocycles. The molecule has 0 amide bonds. The van der Waals surface area contributed by atoms with Crippen LogP contribution < -0.4 is 14.8 Å². The van der Waals surface area contributed by atoms with E-state index >= 15 is 0 Å². The lowest BCUT2D eigenvalue weighted by atomic mass is 9.97. The molecule has 1 heterocycles. The first-order valence-electron chi connectivity index (χ1n) is 7.65. The van der Waals surface area contributed by atoms with Crippen molar-refractivity contribution in [3.63, 3.8) is 0 Å². The van der Waals surface area contributed by atoms with Gasteiger partial charge in [-0.25, -0.2) is 0 Å². The molecule has 0 fully saturated rings. The van der Waals surface area contributed by atoms with E-state index in [0.717, 1.165) is 48.9 Å². The minimum atomic E-state index is 0.326. The van der Waals surface area contributed by atoms with Crippen LogP contribution in [0.4, 0.5) is 0 Å². The summed E-state index contributed by atoms with van der Waals surface area (Å²) >= 11 is 6.51. The predicted molar refractivity (Wildman–Crippen MR) is 81.0 cm³/mol. The van der Waals surface area contributed by atoms with Crippen molar-refractivity contribution in [1.29, 1.82) is 0 Å². The Bertz CT molecular complexity index is 490. The molecule has 20 heavy (non-hydrogen) atoms. The summed E-state index contributed by atoms with van der Waals surface area (Å²) in [4.78, 5) is 0. The molecule has 1 aliphatic heterocycles. The Hall–Kier alpha value is -0.930. The fourth-order valence-electron chi connectivity index (χ4n) is 3.21. The monoisotopic (exact) mass is 295 g/mol.